The molecule has 0 aliphatic carbocycles. The van der Waals surface area contributed by atoms with Gasteiger partial charge >= 0.3 is 17.7 Å². The van der Waals surface area contributed by atoms with Crippen molar-refractivity contribution in [3.05, 3.63) is 82.5 Å². The molecule has 0 radical (unpaired) electrons. The van der Waals surface area contributed by atoms with Gasteiger partial charge in [-0.1, -0.05) is 36.4 Å². The Hall–Kier alpha value is -3.45. The van der Waals surface area contributed by atoms with Crippen molar-refractivity contribution in [2.45, 2.75) is 0 Å². The Labute approximate surface area is 152 Å². The number of anilines is 3. The summed E-state index contributed by atoms with van der Waals surface area (Å²) in [7, 11) is 0. The molecule has 1 N–H and O–H groups in total. The van der Waals surface area contributed by atoms with E-state index >= 15 is 0 Å². The summed E-state index contributed by atoms with van der Waals surface area (Å²) >= 11 is 1.31. The van der Waals surface area contributed by atoms with Crippen molar-refractivity contribution in [3.63, 3.8) is 0 Å². The number of benzene rings is 2. The van der Waals surface area contributed by atoms with E-state index in [0.29, 0.717) is 21.6 Å². The molecule has 4 rings (SSSR count). The maximum absolute atomic E-state index is 12.9. The lowest BCUT2D eigenvalue weighted by Gasteiger charge is -2.20. The Kier molecular flexibility index (Phi) is 4.20. The van der Waals surface area contributed by atoms with Gasteiger partial charge in [0, 0.05) is 5.69 Å². The minimum Gasteiger partial charge on any atom is -0.388 e. The molecule has 2 aromatic carbocycles. The van der Waals surface area contributed by atoms with Crippen LogP contribution in [0.4, 0.5) is 22.2 Å². The Morgan fingerprint density at radius 3 is 2.42 bits per heavy atom. The van der Waals surface area contributed by atoms with Gasteiger partial charge in [0.05, 0.1) is 11.1 Å². The highest BCUT2D eigenvalue weighted by atomic mass is 32.1. The summed E-state index contributed by atoms with van der Waals surface area (Å²) in [6.07, 6.45) is 0. The zero-order chi connectivity index (χ0) is 17.9. The first kappa shape index (κ1) is 16.0. The number of nitrogens with one attached hydrogen (secondary N) is 1. The van der Waals surface area contributed by atoms with Crippen LogP contribution >= 0.6 is 11.3 Å². The van der Waals surface area contributed by atoms with Gasteiger partial charge in [-0.3, -0.25) is 0 Å². The minimum absolute atomic E-state index is 0.0791. The fraction of sp³-hybridized carbons (Fsp3) is 0. The molecule has 2 amide bonds. The maximum Gasteiger partial charge on any atom is 0.349 e. The van der Waals surface area contributed by atoms with E-state index in [2.05, 4.69) is 10.3 Å². The molecule has 7 heteroatoms. The Morgan fingerprint density at radius 1 is 1.00 bits per heavy atom. The van der Waals surface area contributed by atoms with Crippen molar-refractivity contribution < 1.29 is 9.21 Å². The quantitative estimate of drug-likeness (QED) is 0.576. The molecule has 0 aliphatic heterocycles. The van der Waals surface area contributed by atoms with Crippen molar-refractivity contribution in [2.24, 2.45) is 0 Å². The van der Waals surface area contributed by atoms with Gasteiger partial charge < -0.3 is 9.73 Å². The third-order valence-corrected chi connectivity index (χ3v) is 4.49. The third kappa shape index (κ3) is 3.07. The summed E-state index contributed by atoms with van der Waals surface area (Å²) in [6.45, 7) is 0. The highest BCUT2D eigenvalue weighted by Gasteiger charge is 2.23. The number of aromatic nitrogens is 1. The van der Waals surface area contributed by atoms with Crippen LogP contribution in [0.1, 0.15) is 0 Å². The van der Waals surface area contributed by atoms with Crippen LogP contribution in [0, 0.1) is 0 Å². The molecular formula is C19H13N3O3S. The van der Waals surface area contributed by atoms with E-state index in [1.165, 1.54) is 16.2 Å². The normalized spacial score (nSPS) is 10.6. The average molecular weight is 363 g/mol. The summed E-state index contributed by atoms with van der Waals surface area (Å²) in [5.41, 5.74) is 0.630. The van der Waals surface area contributed by atoms with E-state index in [4.69, 9.17) is 4.42 Å². The SMILES string of the molecule is O=C(Nc1ccccc1)N(c1ccccc1)c1nc2sccc2c(=O)o1. The number of carbonyl (C=O) groups excluding carboxylic acids is 1. The molecule has 2 heterocycles. The maximum atomic E-state index is 12.9. The molecule has 26 heavy (non-hydrogen) atoms. The number of thiophene rings is 1. The summed E-state index contributed by atoms with van der Waals surface area (Å²) in [4.78, 5) is 31.2. The largest absolute Gasteiger partial charge is 0.388 e. The van der Waals surface area contributed by atoms with Crippen LogP contribution in [0.3, 0.4) is 0 Å². The summed E-state index contributed by atoms with van der Waals surface area (Å²) < 4.78 is 5.33. The van der Waals surface area contributed by atoms with Crippen LogP contribution in [-0.4, -0.2) is 11.0 Å². The molecule has 6 nitrogen and oxygen atoms in total. The number of nitrogens with zero attached hydrogens (tertiary/aromatic N) is 2. The summed E-state index contributed by atoms with van der Waals surface area (Å²) in [6, 6.07) is 19.0. The highest BCUT2D eigenvalue weighted by Crippen LogP contribution is 2.26. The smallest absolute Gasteiger partial charge is 0.349 e. The number of para-hydroxylation sites is 2. The summed E-state index contributed by atoms with van der Waals surface area (Å²) in [5.74, 6) is 0. The predicted octanol–water partition coefficient (Wildman–Crippen LogP) is 4.62. The first-order valence-electron chi connectivity index (χ1n) is 7.82. The van der Waals surface area contributed by atoms with Crippen LogP contribution in [0.25, 0.3) is 10.2 Å². The minimum atomic E-state index is -0.528. The fourth-order valence-corrected chi connectivity index (χ4v) is 3.22. The first-order valence-corrected chi connectivity index (χ1v) is 8.70. The van der Waals surface area contributed by atoms with Crippen molar-refractivity contribution in [2.75, 3.05) is 10.2 Å². The second-order valence-corrected chi connectivity index (χ2v) is 6.29. The monoisotopic (exact) mass is 363 g/mol. The molecule has 0 fully saturated rings. The summed E-state index contributed by atoms with van der Waals surface area (Å²) in [5, 5.41) is 4.95. The Balaban J connectivity index is 1.80. The molecule has 0 unspecified atom stereocenters. The number of amides is 2. The molecule has 2 aromatic heterocycles. The Bertz CT molecular complexity index is 1110. The van der Waals surface area contributed by atoms with Crippen LogP contribution in [0.2, 0.25) is 0 Å². The molecule has 0 atom stereocenters. The third-order valence-electron chi connectivity index (χ3n) is 3.68. The van der Waals surface area contributed by atoms with Gasteiger partial charge in [-0.25, -0.2) is 14.5 Å². The average Bonchev–Trinajstić information content (AvgIpc) is 3.13. The van der Waals surface area contributed by atoms with Crippen molar-refractivity contribution >= 4 is 45.0 Å². The lowest BCUT2D eigenvalue weighted by atomic mass is 10.3. The standard InChI is InChI=1S/C19H13N3O3S/c23-17-15-11-12-26-16(15)21-19(25-17)22(14-9-5-2-6-10-14)18(24)20-13-7-3-1-4-8-13/h1-12H,(H,20,24). The number of hydrogen-bond donors (Lipinski definition) is 1. The van der Waals surface area contributed by atoms with E-state index < -0.39 is 11.7 Å². The highest BCUT2D eigenvalue weighted by molar-refractivity contribution is 7.16. The van der Waals surface area contributed by atoms with E-state index in [9.17, 15) is 9.59 Å². The van der Waals surface area contributed by atoms with E-state index in [-0.39, 0.29) is 6.01 Å². The number of hydrogen-bond acceptors (Lipinski definition) is 5. The van der Waals surface area contributed by atoms with Crippen LogP contribution in [0.15, 0.2) is 81.3 Å². The molecule has 0 bridgehead atoms. The van der Waals surface area contributed by atoms with E-state index in [0.717, 1.165) is 0 Å². The molecule has 128 valence electrons. The van der Waals surface area contributed by atoms with Gasteiger partial charge in [-0.15, -0.1) is 11.3 Å². The van der Waals surface area contributed by atoms with Crippen molar-refractivity contribution in [1.82, 2.24) is 4.98 Å². The number of rotatable bonds is 3. The van der Waals surface area contributed by atoms with Gasteiger partial charge in [0.1, 0.15) is 4.83 Å². The van der Waals surface area contributed by atoms with Gasteiger partial charge in [0.2, 0.25) is 0 Å². The molecule has 0 aliphatic rings. The van der Waals surface area contributed by atoms with Crippen molar-refractivity contribution in [3.8, 4) is 0 Å². The fourth-order valence-electron chi connectivity index (χ4n) is 2.48. The number of urea groups is 1. The first-order chi connectivity index (χ1) is 12.7. The second-order valence-electron chi connectivity index (χ2n) is 5.39. The molecule has 4 aromatic rings. The van der Waals surface area contributed by atoms with Gasteiger partial charge in [-0.2, -0.15) is 4.98 Å². The van der Waals surface area contributed by atoms with E-state index in [1.807, 2.05) is 24.3 Å². The Morgan fingerprint density at radius 2 is 1.69 bits per heavy atom. The molecule has 0 spiro atoms. The van der Waals surface area contributed by atoms with Crippen LogP contribution in [-0.2, 0) is 0 Å². The topological polar surface area (TPSA) is 75.4 Å². The molecular weight excluding hydrogens is 350 g/mol. The zero-order valence-electron chi connectivity index (χ0n) is 13.5. The number of fused-ring (bicyclic) bond motifs is 1. The van der Waals surface area contributed by atoms with Crippen LogP contribution < -0.4 is 15.8 Å². The van der Waals surface area contributed by atoms with Crippen LogP contribution in [0.5, 0.6) is 0 Å². The molecule has 0 saturated carbocycles. The molecule has 0 saturated heterocycles. The number of carbonyl (C=O) groups is 1. The van der Waals surface area contributed by atoms with Crippen molar-refractivity contribution in [1.29, 1.82) is 0 Å². The predicted molar refractivity (Wildman–Crippen MR) is 102 cm³/mol. The van der Waals surface area contributed by atoms with Gasteiger partial charge in [0.15, 0.2) is 0 Å². The van der Waals surface area contributed by atoms with Gasteiger partial charge in [0.25, 0.3) is 0 Å². The second kappa shape index (κ2) is 6.81. The van der Waals surface area contributed by atoms with E-state index in [1.54, 1.807) is 47.8 Å². The lowest BCUT2D eigenvalue weighted by Crippen LogP contribution is -2.32. The zero-order valence-corrected chi connectivity index (χ0v) is 14.3. The van der Waals surface area contributed by atoms with Gasteiger partial charge in [-0.05, 0) is 35.7 Å². The lowest BCUT2D eigenvalue weighted by molar-refractivity contribution is 0.257.